The summed E-state index contributed by atoms with van der Waals surface area (Å²) in [5, 5.41) is 7.12. The summed E-state index contributed by atoms with van der Waals surface area (Å²) in [4.78, 5) is 12.8. The Balaban J connectivity index is 1.51. The molecule has 5 heteroatoms. The number of benzene rings is 1. The Morgan fingerprint density at radius 2 is 2.04 bits per heavy atom. The molecule has 28 heavy (non-hydrogen) atoms. The number of carbonyl (C=O) groups is 1. The maximum absolute atomic E-state index is 12.8. The SMILES string of the molecule is COCCNCCCc1ccc(Cl)c(C(=O)NCC23CCCC(CCC2)C3)c1. The summed E-state index contributed by atoms with van der Waals surface area (Å²) in [6, 6.07) is 5.86. The van der Waals surface area contributed by atoms with Gasteiger partial charge in [-0.2, -0.15) is 0 Å². The van der Waals surface area contributed by atoms with Crippen molar-refractivity contribution in [1.82, 2.24) is 10.6 Å². The van der Waals surface area contributed by atoms with Gasteiger partial charge in [0.25, 0.3) is 5.91 Å². The Kier molecular flexibility index (Phi) is 8.19. The van der Waals surface area contributed by atoms with E-state index in [2.05, 4.69) is 10.6 Å². The van der Waals surface area contributed by atoms with Crippen molar-refractivity contribution in [3.05, 3.63) is 34.3 Å². The van der Waals surface area contributed by atoms with Gasteiger partial charge in [-0.15, -0.1) is 0 Å². The number of hydrogen-bond donors (Lipinski definition) is 2. The second kappa shape index (κ2) is 10.6. The quantitative estimate of drug-likeness (QED) is 0.558. The molecule has 2 aliphatic rings. The van der Waals surface area contributed by atoms with Crippen LogP contribution in [0.15, 0.2) is 18.2 Å². The van der Waals surface area contributed by atoms with Crippen LogP contribution in [0.25, 0.3) is 0 Å². The zero-order valence-corrected chi connectivity index (χ0v) is 18.0. The zero-order valence-electron chi connectivity index (χ0n) is 17.2. The van der Waals surface area contributed by atoms with Crippen LogP contribution < -0.4 is 10.6 Å². The van der Waals surface area contributed by atoms with E-state index in [1.165, 1.54) is 44.9 Å². The number of methoxy groups -OCH3 is 1. The summed E-state index contributed by atoms with van der Waals surface area (Å²) < 4.78 is 5.03. The zero-order chi connectivity index (χ0) is 19.8. The van der Waals surface area contributed by atoms with Gasteiger partial charge < -0.3 is 15.4 Å². The normalized spacial score (nSPS) is 24.1. The van der Waals surface area contributed by atoms with Crippen molar-refractivity contribution in [2.45, 2.75) is 57.8 Å². The van der Waals surface area contributed by atoms with Crippen molar-refractivity contribution >= 4 is 17.5 Å². The summed E-state index contributed by atoms with van der Waals surface area (Å²) in [7, 11) is 1.71. The highest BCUT2D eigenvalue weighted by atomic mass is 35.5. The molecule has 1 aromatic rings. The molecule has 4 nitrogen and oxygen atoms in total. The Morgan fingerprint density at radius 3 is 2.79 bits per heavy atom. The molecule has 0 saturated heterocycles. The molecule has 0 unspecified atom stereocenters. The molecule has 1 aromatic carbocycles. The van der Waals surface area contributed by atoms with Crippen LogP contribution in [-0.2, 0) is 11.2 Å². The predicted octanol–water partition coefficient (Wildman–Crippen LogP) is 4.60. The van der Waals surface area contributed by atoms with Crippen molar-refractivity contribution in [3.8, 4) is 0 Å². The van der Waals surface area contributed by atoms with E-state index in [9.17, 15) is 4.79 Å². The van der Waals surface area contributed by atoms with Gasteiger partial charge in [0.1, 0.15) is 0 Å². The fourth-order valence-corrected chi connectivity index (χ4v) is 5.26. The van der Waals surface area contributed by atoms with E-state index in [1.807, 2.05) is 18.2 Å². The van der Waals surface area contributed by atoms with Gasteiger partial charge in [0.2, 0.25) is 0 Å². The van der Waals surface area contributed by atoms with Gasteiger partial charge in [-0.25, -0.2) is 0 Å². The van der Waals surface area contributed by atoms with Gasteiger partial charge in [-0.3, -0.25) is 4.79 Å². The maximum Gasteiger partial charge on any atom is 0.252 e. The van der Waals surface area contributed by atoms with Crippen LogP contribution in [0, 0.1) is 11.3 Å². The minimum absolute atomic E-state index is 0.0212. The third-order valence-corrected chi connectivity index (χ3v) is 6.89. The second-order valence-corrected chi connectivity index (χ2v) is 9.11. The maximum atomic E-state index is 12.8. The van der Waals surface area contributed by atoms with Gasteiger partial charge in [-0.05, 0) is 67.7 Å². The van der Waals surface area contributed by atoms with E-state index in [0.717, 1.165) is 50.6 Å². The van der Waals surface area contributed by atoms with Crippen molar-refractivity contribution in [2.24, 2.45) is 11.3 Å². The molecule has 0 spiro atoms. The summed E-state index contributed by atoms with van der Waals surface area (Å²) >= 11 is 6.35. The summed E-state index contributed by atoms with van der Waals surface area (Å²) in [5.74, 6) is 0.857. The summed E-state index contributed by atoms with van der Waals surface area (Å²) in [6.07, 6.45) is 11.1. The summed E-state index contributed by atoms with van der Waals surface area (Å²) in [6.45, 7) is 3.34. The number of carbonyl (C=O) groups excluding carboxylic acids is 1. The minimum atomic E-state index is -0.0212. The van der Waals surface area contributed by atoms with Crippen LogP contribution in [0.4, 0.5) is 0 Å². The summed E-state index contributed by atoms with van der Waals surface area (Å²) in [5.41, 5.74) is 2.11. The van der Waals surface area contributed by atoms with Crippen LogP contribution in [-0.4, -0.2) is 39.3 Å². The van der Waals surface area contributed by atoms with Crippen LogP contribution >= 0.6 is 11.6 Å². The number of aryl methyl sites for hydroxylation is 1. The predicted molar refractivity (Wildman–Crippen MR) is 115 cm³/mol. The smallest absolute Gasteiger partial charge is 0.252 e. The number of nitrogens with one attached hydrogen (secondary N) is 2. The van der Waals surface area contributed by atoms with E-state index in [-0.39, 0.29) is 5.91 Å². The molecule has 0 heterocycles. The van der Waals surface area contributed by atoms with Gasteiger partial charge in [0.15, 0.2) is 0 Å². The third-order valence-electron chi connectivity index (χ3n) is 6.56. The Morgan fingerprint density at radius 1 is 1.25 bits per heavy atom. The molecule has 0 atom stereocenters. The lowest BCUT2D eigenvalue weighted by Gasteiger charge is -2.45. The molecule has 2 saturated carbocycles. The second-order valence-electron chi connectivity index (χ2n) is 8.70. The Labute approximate surface area is 174 Å². The highest BCUT2D eigenvalue weighted by Crippen LogP contribution is 2.48. The monoisotopic (exact) mass is 406 g/mol. The van der Waals surface area contributed by atoms with Crippen LogP contribution in [0.1, 0.15) is 67.3 Å². The molecule has 2 N–H and O–H groups in total. The van der Waals surface area contributed by atoms with Gasteiger partial charge in [-0.1, -0.05) is 43.4 Å². The third kappa shape index (κ3) is 5.95. The van der Waals surface area contributed by atoms with Crippen LogP contribution in [0.2, 0.25) is 5.02 Å². The van der Waals surface area contributed by atoms with E-state index >= 15 is 0 Å². The van der Waals surface area contributed by atoms with Crippen LogP contribution in [0.5, 0.6) is 0 Å². The molecule has 3 rings (SSSR count). The fourth-order valence-electron chi connectivity index (χ4n) is 5.05. The minimum Gasteiger partial charge on any atom is -0.383 e. The van der Waals surface area contributed by atoms with Crippen molar-refractivity contribution in [1.29, 1.82) is 0 Å². The lowest BCUT2D eigenvalue weighted by atomic mass is 9.62. The van der Waals surface area contributed by atoms with Crippen molar-refractivity contribution in [3.63, 3.8) is 0 Å². The number of ether oxygens (including phenoxy) is 1. The van der Waals surface area contributed by atoms with Crippen molar-refractivity contribution < 1.29 is 9.53 Å². The average molecular weight is 407 g/mol. The molecule has 1 amide bonds. The van der Waals surface area contributed by atoms with Gasteiger partial charge in [0.05, 0.1) is 17.2 Å². The molecular weight excluding hydrogens is 372 g/mol. The molecule has 2 fully saturated rings. The fraction of sp³-hybridized carbons (Fsp3) is 0.696. The standard InChI is InChI=1S/C23H35ClN2O2/c1-28-14-13-25-12-4-7-18-8-9-21(24)20(15-18)22(27)26-17-23-10-2-5-19(16-23)6-3-11-23/h8-9,15,19,25H,2-7,10-14,16-17H2,1H3,(H,26,27). The lowest BCUT2D eigenvalue weighted by Crippen LogP contribution is -2.43. The lowest BCUT2D eigenvalue weighted by molar-refractivity contribution is 0.0682. The molecule has 0 radical (unpaired) electrons. The number of hydrogen-bond acceptors (Lipinski definition) is 3. The van der Waals surface area contributed by atoms with Gasteiger partial charge in [0, 0.05) is 20.2 Å². The number of fused-ring (bicyclic) bond motifs is 2. The highest BCUT2D eigenvalue weighted by molar-refractivity contribution is 6.33. The molecule has 2 bridgehead atoms. The molecule has 0 aliphatic heterocycles. The first-order valence-corrected chi connectivity index (χ1v) is 11.3. The average Bonchev–Trinajstić information content (AvgIpc) is 2.70. The Bertz CT molecular complexity index is 639. The molecular formula is C23H35ClN2O2. The van der Waals surface area contributed by atoms with Crippen molar-refractivity contribution in [2.75, 3.05) is 33.4 Å². The Hall–Kier alpha value is -1.10. The van der Waals surface area contributed by atoms with Crippen LogP contribution in [0.3, 0.4) is 0 Å². The molecule has 2 aliphatic carbocycles. The highest BCUT2D eigenvalue weighted by Gasteiger charge is 2.39. The first-order chi connectivity index (χ1) is 13.6. The molecule has 0 aromatic heterocycles. The van der Waals surface area contributed by atoms with E-state index < -0.39 is 0 Å². The largest absolute Gasteiger partial charge is 0.383 e. The van der Waals surface area contributed by atoms with E-state index in [0.29, 0.717) is 16.0 Å². The van der Waals surface area contributed by atoms with E-state index in [4.69, 9.17) is 16.3 Å². The van der Waals surface area contributed by atoms with E-state index in [1.54, 1.807) is 7.11 Å². The number of amides is 1. The number of halogens is 1. The van der Waals surface area contributed by atoms with Gasteiger partial charge >= 0.3 is 0 Å². The first-order valence-electron chi connectivity index (χ1n) is 10.9. The number of rotatable bonds is 10. The topological polar surface area (TPSA) is 50.4 Å². The first kappa shape index (κ1) is 21.6. The molecule has 156 valence electrons.